The van der Waals surface area contributed by atoms with Crippen LogP contribution in [0.4, 0.5) is 0 Å². The molecule has 4 nitrogen and oxygen atoms in total. The minimum atomic E-state index is -0.405. The van der Waals surface area contributed by atoms with Crippen molar-refractivity contribution in [2.45, 2.75) is 19.4 Å². The van der Waals surface area contributed by atoms with E-state index in [1.807, 2.05) is 30.3 Å². The molecule has 22 heavy (non-hydrogen) atoms. The second kappa shape index (κ2) is 9.60. The summed E-state index contributed by atoms with van der Waals surface area (Å²) in [6.45, 7) is 1.92. The summed E-state index contributed by atoms with van der Waals surface area (Å²) in [7, 11) is 0. The molecule has 0 aliphatic heterocycles. The van der Waals surface area contributed by atoms with E-state index in [2.05, 4.69) is 0 Å². The summed E-state index contributed by atoms with van der Waals surface area (Å²) in [5.74, 6) is 0.440. The third kappa shape index (κ3) is 7.47. The largest absolute Gasteiger partial charge is 0.513 e. The quantitative estimate of drug-likeness (QED) is 0.654. The van der Waals surface area contributed by atoms with E-state index >= 15 is 0 Å². The van der Waals surface area contributed by atoms with Gasteiger partial charge >= 0.3 is 0 Å². The van der Waals surface area contributed by atoms with Crippen molar-refractivity contribution in [1.29, 1.82) is 0 Å². The first-order valence-electron chi connectivity index (χ1n) is 7.09. The fourth-order valence-electron chi connectivity index (χ4n) is 1.83. The lowest BCUT2D eigenvalue weighted by molar-refractivity contribution is 0.183. The summed E-state index contributed by atoms with van der Waals surface area (Å²) in [5.41, 5.74) is 7.20. The summed E-state index contributed by atoms with van der Waals surface area (Å²) in [6.07, 6.45) is 1.83. The van der Waals surface area contributed by atoms with Gasteiger partial charge in [-0.3, -0.25) is 0 Å². The van der Waals surface area contributed by atoms with Gasteiger partial charge in [-0.25, -0.2) is 0 Å². The van der Waals surface area contributed by atoms with Gasteiger partial charge in [-0.15, -0.1) is 0 Å². The molecule has 5 N–H and O–H groups in total. The molecular weight excluding hydrogens is 278 g/mol. The van der Waals surface area contributed by atoms with Crippen molar-refractivity contribution in [2.75, 3.05) is 6.54 Å². The Morgan fingerprint density at radius 2 is 1.82 bits per heavy atom. The number of aliphatic hydroxyl groups excluding tert-OH is 2. The molecule has 0 amide bonds. The molecule has 4 heteroatoms. The Balaban J connectivity index is 0.000000220. The maximum atomic E-state index is 9.19. The lowest BCUT2D eigenvalue weighted by atomic mass is 10.1. The zero-order chi connectivity index (χ0) is 16.4. The number of aliphatic hydroxyl groups is 2. The summed E-state index contributed by atoms with van der Waals surface area (Å²) in [6, 6.07) is 16.5. The zero-order valence-corrected chi connectivity index (χ0v) is 12.7. The van der Waals surface area contributed by atoms with Gasteiger partial charge in [-0.2, -0.15) is 0 Å². The van der Waals surface area contributed by atoms with Crippen LogP contribution in [0.25, 0.3) is 6.08 Å². The van der Waals surface area contributed by atoms with Crippen molar-refractivity contribution >= 4 is 6.08 Å². The second-order valence-electron chi connectivity index (χ2n) is 4.96. The van der Waals surface area contributed by atoms with Gasteiger partial charge in [0.05, 0.1) is 11.9 Å². The van der Waals surface area contributed by atoms with Gasteiger partial charge in [0.1, 0.15) is 5.75 Å². The molecule has 118 valence electrons. The fourth-order valence-corrected chi connectivity index (χ4v) is 1.83. The molecular formula is C18H23NO3. The summed E-state index contributed by atoms with van der Waals surface area (Å²) in [4.78, 5) is 0. The van der Waals surface area contributed by atoms with Crippen LogP contribution in [0.2, 0.25) is 0 Å². The number of allylic oxidation sites excluding steroid dienone is 1. The number of hydrogen-bond acceptors (Lipinski definition) is 4. The molecule has 0 aromatic heterocycles. The molecule has 0 radical (unpaired) electrons. The third-order valence-corrected chi connectivity index (χ3v) is 2.83. The smallest absolute Gasteiger partial charge is 0.116 e. The molecule has 0 heterocycles. The van der Waals surface area contributed by atoms with Gasteiger partial charge < -0.3 is 21.1 Å². The van der Waals surface area contributed by atoms with Crippen LogP contribution in [0, 0.1) is 0 Å². The SMILES string of the molecule is C/C(O)=C/c1cccc(O)c1.NCC(O)Cc1ccccc1. The van der Waals surface area contributed by atoms with Crippen LogP contribution in [0.1, 0.15) is 18.1 Å². The van der Waals surface area contributed by atoms with Crippen LogP contribution in [-0.2, 0) is 6.42 Å². The van der Waals surface area contributed by atoms with Crippen molar-refractivity contribution in [3.63, 3.8) is 0 Å². The monoisotopic (exact) mass is 301 g/mol. The number of rotatable bonds is 4. The second-order valence-corrected chi connectivity index (χ2v) is 4.96. The molecule has 0 fully saturated rings. The first-order chi connectivity index (χ1) is 10.5. The summed E-state index contributed by atoms with van der Waals surface area (Å²) >= 11 is 0. The Labute approximate surface area is 131 Å². The molecule has 1 unspecified atom stereocenters. The van der Waals surface area contributed by atoms with Gasteiger partial charge in [0.15, 0.2) is 0 Å². The van der Waals surface area contributed by atoms with Crippen LogP contribution in [-0.4, -0.2) is 28.0 Å². The summed E-state index contributed by atoms with van der Waals surface area (Å²) < 4.78 is 0. The molecule has 0 aliphatic rings. The van der Waals surface area contributed by atoms with E-state index in [0.717, 1.165) is 11.1 Å². The number of hydrogen-bond donors (Lipinski definition) is 4. The predicted molar refractivity (Wildman–Crippen MR) is 89.6 cm³/mol. The predicted octanol–water partition coefficient (Wildman–Crippen LogP) is 2.86. The van der Waals surface area contributed by atoms with E-state index in [-0.39, 0.29) is 11.5 Å². The van der Waals surface area contributed by atoms with E-state index < -0.39 is 6.10 Å². The van der Waals surface area contributed by atoms with Crippen LogP contribution >= 0.6 is 0 Å². The van der Waals surface area contributed by atoms with Gasteiger partial charge in [0.25, 0.3) is 0 Å². The Bertz CT molecular complexity index is 578. The van der Waals surface area contributed by atoms with Crippen LogP contribution in [0.15, 0.2) is 60.4 Å². The number of phenols is 1. The van der Waals surface area contributed by atoms with E-state index in [1.54, 1.807) is 37.3 Å². The highest BCUT2D eigenvalue weighted by Gasteiger charge is 2.00. The molecule has 0 spiro atoms. The van der Waals surface area contributed by atoms with Crippen LogP contribution < -0.4 is 5.73 Å². The zero-order valence-electron chi connectivity index (χ0n) is 12.7. The van der Waals surface area contributed by atoms with Gasteiger partial charge in [-0.1, -0.05) is 42.5 Å². The third-order valence-electron chi connectivity index (χ3n) is 2.83. The van der Waals surface area contributed by atoms with Crippen molar-refractivity contribution < 1.29 is 15.3 Å². The van der Waals surface area contributed by atoms with Crippen molar-refractivity contribution in [3.05, 3.63) is 71.5 Å². The normalized spacial score (nSPS) is 12.2. The molecule has 2 rings (SSSR count). The lowest BCUT2D eigenvalue weighted by Gasteiger charge is -2.06. The fraction of sp³-hybridized carbons (Fsp3) is 0.222. The van der Waals surface area contributed by atoms with Crippen molar-refractivity contribution in [2.24, 2.45) is 5.73 Å². The van der Waals surface area contributed by atoms with Crippen LogP contribution in [0.5, 0.6) is 5.75 Å². The molecule has 0 saturated carbocycles. The average Bonchev–Trinajstić information content (AvgIpc) is 2.48. The van der Waals surface area contributed by atoms with Crippen LogP contribution in [0.3, 0.4) is 0 Å². The Kier molecular flexibility index (Phi) is 7.75. The van der Waals surface area contributed by atoms with Crippen molar-refractivity contribution in [3.8, 4) is 5.75 Å². The Morgan fingerprint density at radius 1 is 1.14 bits per heavy atom. The standard InChI is InChI=1S/C9H13NO.C9H10O2/c10-7-9(11)6-8-4-2-1-3-5-8;1-7(10)5-8-3-2-4-9(11)6-8/h1-5,9,11H,6-7,10H2;2-6,10-11H,1H3/b;7-5-. The molecule has 0 bridgehead atoms. The number of nitrogens with two attached hydrogens (primary N) is 1. The topological polar surface area (TPSA) is 86.7 Å². The van der Waals surface area contributed by atoms with Gasteiger partial charge in [-0.05, 0) is 42.7 Å². The molecule has 2 aromatic carbocycles. The van der Waals surface area contributed by atoms with Gasteiger partial charge in [0.2, 0.25) is 0 Å². The number of benzene rings is 2. The van der Waals surface area contributed by atoms with E-state index in [1.165, 1.54) is 0 Å². The average molecular weight is 301 g/mol. The molecule has 2 aromatic rings. The highest BCUT2D eigenvalue weighted by atomic mass is 16.3. The Hall–Kier alpha value is -2.30. The first-order valence-corrected chi connectivity index (χ1v) is 7.09. The lowest BCUT2D eigenvalue weighted by Crippen LogP contribution is -2.21. The van der Waals surface area contributed by atoms with E-state index in [0.29, 0.717) is 13.0 Å². The maximum absolute atomic E-state index is 9.19. The molecule has 0 aliphatic carbocycles. The van der Waals surface area contributed by atoms with E-state index in [4.69, 9.17) is 15.9 Å². The Morgan fingerprint density at radius 3 is 2.36 bits per heavy atom. The minimum Gasteiger partial charge on any atom is -0.513 e. The maximum Gasteiger partial charge on any atom is 0.116 e. The van der Waals surface area contributed by atoms with E-state index in [9.17, 15) is 5.11 Å². The van der Waals surface area contributed by atoms with Gasteiger partial charge in [0, 0.05) is 6.54 Å². The number of aromatic hydroxyl groups is 1. The number of phenolic OH excluding ortho intramolecular Hbond substituents is 1. The highest BCUT2D eigenvalue weighted by molar-refractivity contribution is 5.52. The van der Waals surface area contributed by atoms with Crippen molar-refractivity contribution in [1.82, 2.24) is 0 Å². The first kappa shape index (κ1) is 17.8. The molecule has 1 atom stereocenters. The minimum absolute atomic E-state index is 0.208. The molecule has 0 saturated heterocycles. The summed E-state index contributed by atoms with van der Waals surface area (Å²) in [5, 5.41) is 27.1. The highest BCUT2D eigenvalue weighted by Crippen LogP contribution is 2.12.